The van der Waals surface area contributed by atoms with Gasteiger partial charge in [-0.1, -0.05) is 35.3 Å². The van der Waals surface area contributed by atoms with Crippen molar-refractivity contribution in [2.75, 3.05) is 6.54 Å². The molecule has 0 unspecified atom stereocenters. The normalized spacial score (nSPS) is 14.5. The number of amides is 1. The number of aliphatic imine (C=N–C) groups is 1. The fourth-order valence-electron chi connectivity index (χ4n) is 1.54. The Hall–Kier alpha value is -1.58. The van der Waals surface area contributed by atoms with Gasteiger partial charge in [0.25, 0.3) is 0 Å². The lowest BCUT2D eigenvalue weighted by Crippen LogP contribution is -2.28. The van der Waals surface area contributed by atoms with E-state index in [9.17, 15) is 4.79 Å². The second kappa shape index (κ2) is 6.55. The summed E-state index contributed by atoms with van der Waals surface area (Å²) in [5.41, 5.74) is 0.811. The van der Waals surface area contributed by atoms with Crippen LogP contribution in [-0.2, 0) is 4.79 Å². The van der Waals surface area contributed by atoms with Crippen LogP contribution in [0.1, 0.15) is 12.0 Å². The molecule has 1 aromatic carbocycles. The van der Waals surface area contributed by atoms with Crippen LogP contribution in [0.3, 0.4) is 0 Å². The second-order valence-electron chi connectivity index (χ2n) is 3.95. The van der Waals surface area contributed by atoms with Gasteiger partial charge in [-0.15, -0.1) is 0 Å². The average Bonchev–Trinajstić information content (AvgIpc) is 2.41. The first-order chi connectivity index (χ1) is 9.15. The van der Waals surface area contributed by atoms with Gasteiger partial charge in [-0.3, -0.25) is 9.79 Å². The Bertz CT molecular complexity index is 577. The highest BCUT2D eigenvalue weighted by molar-refractivity contribution is 6.42. The topological polar surface area (TPSA) is 41.5 Å². The molecule has 0 spiro atoms. The molecule has 3 nitrogen and oxygen atoms in total. The summed E-state index contributed by atoms with van der Waals surface area (Å²) < 4.78 is 0. The van der Waals surface area contributed by atoms with Gasteiger partial charge in [0, 0.05) is 12.6 Å². The summed E-state index contributed by atoms with van der Waals surface area (Å²) in [4.78, 5) is 15.8. The summed E-state index contributed by atoms with van der Waals surface area (Å²) in [7, 11) is 0. The van der Waals surface area contributed by atoms with Crippen molar-refractivity contribution in [1.29, 1.82) is 0 Å². The molecule has 1 aliphatic rings. The first-order valence-electron chi connectivity index (χ1n) is 5.80. The van der Waals surface area contributed by atoms with Gasteiger partial charge in [-0.05, 0) is 36.3 Å². The molecule has 98 valence electrons. The molecule has 0 fully saturated rings. The Balaban J connectivity index is 1.97. The van der Waals surface area contributed by atoms with Crippen molar-refractivity contribution in [2.24, 2.45) is 4.99 Å². The molecule has 0 aromatic heterocycles. The van der Waals surface area contributed by atoms with Crippen LogP contribution < -0.4 is 5.32 Å². The molecule has 1 aliphatic heterocycles. The summed E-state index contributed by atoms with van der Waals surface area (Å²) in [6.07, 6.45) is 7.80. The summed E-state index contributed by atoms with van der Waals surface area (Å²) in [6, 6.07) is 5.18. The lowest BCUT2D eigenvalue weighted by atomic mass is 10.2. The fraction of sp³-hybridized carbons (Fsp3) is 0.143. The van der Waals surface area contributed by atoms with E-state index >= 15 is 0 Å². The van der Waals surface area contributed by atoms with E-state index < -0.39 is 0 Å². The van der Waals surface area contributed by atoms with E-state index in [4.69, 9.17) is 23.2 Å². The van der Waals surface area contributed by atoms with Crippen LogP contribution in [0, 0.1) is 0 Å². The van der Waals surface area contributed by atoms with E-state index in [0.29, 0.717) is 22.4 Å². The molecular formula is C14H12Cl2N2O. The highest BCUT2D eigenvalue weighted by Gasteiger charge is 2.02. The van der Waals surface area contributed by atoms with Gasteiger partial charge in [0.2, 0.25) is 5.91 Å². The summed E-state index contributed by atoms with van der Waals surface area (Å²) in [6.45, 7) is 0.711. The minimum Gasteiger partial charge on any atom is -0.307 e. The quantitative estimate of drug-likeness (QED) is 0.834. The highest BCUT2D eigenvalue weighted by Crippen LogP contribution is 2.22. The molecule has 0 aliphatic carbocycles. The number of rotatable bonds is 2. The van der Waals surface area contributed by atoms with Crippen LogP contribution in [0.15, 0.2) is 41.4 Å². The number of amidine groups is 1. The minimum absolute atomic E-state index is 0.226. The lowest BCUT2D eigenvalue weighted by Gasteiger charge is -2.05. The zero-order chi connectivity index (χ0) is 13.7. The molecule has 19 heavy (non-hydrogen) atoms. The van der Waals surface area contributed by atoms with Gasteiger partial charge >= 0.3 is 0 Å². The third-order valence-electron chi connectivity index (χ3n) is 2.48. The van der Waals surface area contributed by atoms with Gasteiger partial charge in [-0.2, -0.15) is 0 Å². The van der Waals surface area contributed by atoms with Crippen LogP contribution in [0.25, 0.3) is 6.08 Å². The fourth-order valence-corrected chi connectivity index (χ4v) is 1.85. The molecule has 0 saturated carbocycles. The molecule has 1 heterocycles. The van der Waals surface area contributed by atoms with Crippen molar-refractivity contribution in [3.05, 3.63) is 52.0 Å². The molecule has 1 N–H and O–H groups in total. The molecular weight excluding hydrogens is 283 g/mol. The summed E-state index contributed by atoms with van der Waals surface area (Å²) >= 11 is 11.7. The molecule has 0 radical (unpaired) electrons. The Morgan fingerprint density at radius 2 is 2.16 bits per heavy atom. The third-order valence-corrected chi connectivity index (χ3v) is 3.21. The minimum atomic E-state index is -0.226. The van der Waals surface area contributed by atoms with Gasteiger partial charge in [0.05, 0.1) is 10.0 Å². The number of dihydropyridines is 1. The third kappa shape index (κ3) is 4.23. The maximum Gasteiger partial charge on any atom is 0.249 e. The van der Waals surface area contributed by atoms with Crippen molar-refractivity contribution in [3.63, 3.8) is 0 Å². The van der Waals surface area contributed by atoms with Gasteiger partial charge in [-0.25, -0.2) is 0 Å². The van der Waals surface area contributed by atoms with E-state index in [1.807, 2.05) is 6.08 Å². The first kappa shape index (κ1) is 13.8. The number of hydrogen-bond donors (Lipinski definition) is 1. The number of hydrogen-bond acceptors (Lipinski definition) is 2. The zero-order valence-corrected chi connectivity index (χ0v) is 11.6. The number of carbonyl (C=O) groups excluding carboxylic acids is 1. The predicted molar refractivity (Wildman–Crippen MR) is 79.7 cm³/mol. The van der Waals surface area contributed by atoms with E-state index in [-0.39, 0.29) is 5.91 Å². The average molecular weight is 295 g/mol. The number of carbonyl (C=O) groups is 1. The monoisotopic (exact) mass is 294 g/mol. The SMILES string of the molecule is O=C(/C=C/c1ccc(Cl)c(Cl)c1)NC1=NCCC=C1. The van der Waals surface area contributed by atoms with Crippen LogP contribution in [0.4, 0.5) is 0 Å². The van der Waals surface area contributed by atoms with E-state index in [2.05, 4.69) is 10.3 Å². The largest absolute Gasteiger partial charge is 0.307 e. The lowest BCUT2D eigenvalue weighted by molar-refractivity contribution is -0.115. The van der Waals surface area contributed by atoms with Crippen LogP contribution in [0.2, 0.25) is 10.0 Å². The molecule has 0 saturated heterocycles. The van der Waals surface area contributed by atoms with Crippen molar-refractivity contribution >= 4 is 41.0 Å². The number of benzene rings is 1. The summed E-state index contributed by atoms with van der Waals surface area (Å²) in [5, 5.41) is 3.65. The molecule has 5 heteroatoms. The predicted octanol–water partition coefficient (Wildman–Crippen LogP) is 3.48. The van der Waals surface area contributed by atoms with Crippen LogP contribution >= 0.6 is 23.2 Å². The van der Waals surface area contributed by atoms with Gasteiger partial charge in [0.15, 0.2) is 0 Å². The molecule has 0 bridgehead atoms. The first-order valence-corrected chi connectivity index (χ1v) is 6.56. The number of nitrogens with zero attached hydrogens (tertiary/aromatic N) is 1. The standard InChI is InChI=1S/C14H12Cl2N2O/c15-11-6-4-10(9-12(11)16)5-7-14(19)18-13-3-1-2-8-17-13/h1,3-7,9H,2,8H2,(H,17,18,19)/b7-5+. The smallest absolute Gasteiger partial charge is 0.249 e. The Kier molecular flexibility index (Phi) is 4.77. The maximum absolute atomic E-state index is 11.7. The molecule has 1 aromatic rings. The van der Waals surface area contributed by atoms with Crippen LogP contribution in [0.5, 0.6) is 0 Å². The van der Waals surface area contributed by atoms with Gasteiger partial charge in [0.1, 0.15) is 5.84 Å². The van der Waals surface area contributed by atoms with Crippen molar-refractivity contribution in [1.82, 2.24) is 5.32 Å². The number of halogens is 2. The number of nitrogens with one attached hydrogen (secondary N) is 1. The molecule has 1 amide bonds. The van der Waals surface area contributed by atoms with E-state index in [0.717, 1.165) is 12.0 Å². The second-order valence-corrected chi connectivity index (χ2v) is 4.77. The van der Waals surface area contributed by atoms with E-state index in [1.54, 1.807) is 30.4 Å². The molecule has 2 rings (SSSR count). The highest BCUT2D eigenvalue weighted by atomic mass is 35.5. The summed E-state index contributed by atoms with van der Waals surface area (Å²) in [5.74, 6) is 0.367. The van der Waals surface area contributed by atoms with E-state index in [1.165, 1.54) is 6.08 Å². The molecule has 0 atom stereocenters. The Labute approximate surface area is 121 Å². The Morgan fingerprint density at radius 3 is 2.84 bits per heavy atom. The Morgan fingerprint density at radius 1 is 1.32 bits per heavy atom. The van der Waals surface area contributed by atoms with Gasteiger partial charge < -0.3 is 5.32 Å². The van der Waals surface area contributed by atoms with Crippen LogP contribution in [-0.4, -0.2) is 18.3 Å². The van der Waals surface area contributed by atoms with Crippen molar-refractivity contribution in [2.45, 2.75) is 6.42 Å². The maximum atomic E-state index is 11.7. The van der Waals surface area contributed by atoms with Crippen molar-refractivity contribution < 1.29 is 4.79 Å². The van der Waals surface area contributed by atoms with Crippen molar-refractivity contribution in [3.8, 4) is 0 Å². The zero-order valence-electron chi connectivity index (χ0n) is 10.1.